The van der Waals surface area contributed by atoms with Gasteiger partial charge in [-0.2, -0.15) is 0 Å². The fourth-order valence-corrected chi connectivity index (χ4v) is 3.48. The van der Waals surface area contributed by atoms with Crippen molar-refractivity contribution in [1.82, 2.24) is 4.98 Å². The van der Waals surface area contributed by atoms with Crippen molar-refractivity contribution in [3.63, 3.8) is 0 Å². The normalized spacial score (nSPS) is 11.1. The van der Waals surface area contributed by atoms with E-state index in [0.717, 1.165) is 22.0 Å². The summed E-state index contributed by atoms with van der Waals surface area (Å²) in [5, 5.41) is 5.53. The van der Waals surface area contributed by atoms with Crippen LogP contribution in [-0.4, -0.2) is 19.2 Å². The number of ether oxygens (including phenoxy) is 2. The number of hydrogen-bond acceptors (Lipinski definition) is 4. The first-order valence-electron chi connectivity index (χ1n) is 8.83. The summed E-state index contributed by atoms with van der Waals surface area (Å²) in [7, 11) is 2.82. The zero-order valence-electron chi connectivity index (χ0n) is 15.7. The van der Waals surface area contributed by atoms with Crippen molar-refractivity contribution in [1.29, 1.82) is 0 Å². The Morgan fingerprint density at radius 1 is 0.897 bits per heavy atom. The smallest absolute Gasteiger partial charge is 0.190 e. The summed E-state index contributed by atoms with van der Waals surface area (Å²) in [4.78, 5) is 4.66. The van der Waals surface area contributed by atoms with Gasteiger partial charge in [0.2, 0.25) is 0 Å². The number of nitrogens with one attached hydrogen (secondary N) is 1. The molecule has 0 fully saturated rings. The lowest BCUT2D eigenvalue weighted by Crippen LogP contribution is -2.04. The van der Waals surface area contributed by atoms with Crippen LogP contribution in [0.1, 0.15) is 5.56 Å². The quantitative estimate of drug-likeness (QED) is 0.410. The van der Waals surface area contributed by atoms with Gasteiger partial charge in [0.25, 0.3) is 0 Å². The second kappa shape index (κ2) is 7.72. The number of benzene rings is 3. The number of anilines is 1. The minimum atomic E-state index is -0.748. The Bertz CT molecular complexity index is 1210. The number of aromatic nitrogens is 1. The van der Waals surface area contributed by atoms with Crippen molar-refractivity contribution >= 4 is 39.1 Å². The summed E-state index contributed by atoms with van der Waals surface area (Å²) in [6, 6.07) is 13.5. The lowest BCUT2D eigenvalue weighted by atomic mass is 10.1. The molecule has 7 heteroatoms. The first-order chi connectivity index (χ1) is 14.0. The van der Waals surface area contributed by atoms with Gasteiger partial charge in [-0.25, -0.2) is 13.8 Å². The predicted octanol–water partition coefficient (Wildman–Crippen LogP) is 5.95. The highest BCUT2D eigenvalue weighted by atomic mass is 35.5. The van der Waals surface area contributed by atoms with Crippen LogP contribution in [0.15, 0.2) is 48.5 Å². The Morgan fingerprint density at radius 3 is 2.34 bits per heavy atom. The zero-order chi connectivity index (χ0) is 20.5. The highest BCUT2D eigenvalue weighted by Crippen LogP contribution is 2.34. The summed E-state index contributed by atoms with van der Waals surface area (Å²) in [5.41, 5.74) is 2.67. The van der Waals surface area contributed by atoms with Gasteiger partial charge >= 0.3 is 0 Å². The highest BCUT2D eigenvalue weighted by molar-refractivity contribution is 6.31. The molecule has 0 saturated heterocycles. The lowest BCUT2D eigenvalue weighted by Gasteiger charge is -2.15. The molecule has 4 rings (SSSR count). The Kier molecular flexibility index (Phi) is 5.11. The second-order valence-corrected chi connectivity index (χ2v) is 6.91. The van der Waals surface area contributed by atoms with Gasteiger partial charge < -0.3 is 14.8 Å². The molecule has 0 bridgehead atoms. The van der Waals surface area contributed by atoms with Gasteiger partial charge in [0, 0.05) is 22.3 Å². The average Bonchev–Trinajstić information content (AvgIpc) is 2.70. The molecule has 148 valence electrons. The first-order valence-corrected chi connectivity index (χ1v) is 9.20. The molecule has 1 N–H and O–H groups in total. The molecule has 0 saturated carbocycles. The van der Waals surface area contributed by atoms with Crippen LogP contribution in [0.5, 0.6) is 11.5 Å². The van der Waals surface area contributed by atoms with Crippen LogP contribution < -0.4 is 14.8 Å². The molecule has 4 aromatic rings. The average molecular weight is 415 g/mol. The molecule has 0 aliphatic carbocycles. The molecule has 4 nitrogen and oxygen atoms in total. The monoisotopic (exact) mass is 414 g/mol. The van der Waals surface area contributed by atoms with Gasteiger partial charge in [-0.1, -0.05) is 11.6 Å². The maximum absolute atomic E-state index is 14.1. The zero-order valence-corrected chi connectivity index (χ0v) is 16.5. The molecule has 1 heterocycles. The third-order valence-electron chi connectivity index (χ3n) is 4.67. The van der Waals surface area contributed by atoms with E-state index in [-0.39, 0.29) is 6.54 Å². The molecule has 0 amide bonds. The van der Waals surface area contributed by atoms with Crippen LogP contribution in [0.4, 0.5) is 14.5 Å². The number of rotatable bonds is 5. The number of nitrogens with zero attached hydrogens (tertiary/aromatic N) is 1. The van der Waals surface area contributed by atoms with E-state index in [0.29, 0.717) is 21.9 Å². The van der Waals surface area contributed by atoms with E-state index in [1.54, 1.807) is 19.2 Å². The van der Waals surface area contributed by atoms with Crippen LogP contribution >= 0.6 is 11.6 Å². The molecule has 29 heavy (non-hydrogen) atoms. The van der Waals surface area contributed by atoms with Gasteiger partial charge in [-0.05, 0) is 54.1 Å². The summed E-state index contributed by atoms with van der Waals surface area (Å²) in [6.45, 7) is 0.200. The van der Waals surface area contributed by atoms with E-state index in [4.69, 9.17) is 21.1 Å². The second-order valence-electron chi connectivity index (χ2n) is 6.48. The van der Waals surface area contributed by atoms with Crippen molar-refractivity contribution in [2.75, 3.05) is 19.5 Å². The molecule has 0 radical (unpaired) electrons. The summed E-state index contributed by atoms with van der Waals surface area (Å²) in [6.07, 6.45) is 0. The fraction of sp³-hybridized carbons (Fsp3) is 0.136. The number of methoxy groups -OCH3 is 2. The first kappa shape index (κ1) is 19.2. The van der Waals surface area contributed by atoms with Crippen LogP contribution in [0.3, 0.4) is 0 Å². The molecule has 0 unspecified atom stereocenters. The van der Waals surface area contributed by atoms with Crippen molar-refractivity contribution < 1.29 is 18.3 Å². The van der Waals surface area contributed by atoms with Crippen molar-refractivity contribution in [2.45, 2.75) is 6.54 Å². The maximum Gasteiger partial charge on any atom is 0.190 e. The standard InChI is InChI=1S/C22H17ClF2N2O2/c1-28-14-4-6-19-16(10-14)21(15-5-3-13(23)9-20(15)27-19)26-11-12-7-17(24)22(29-2)18(25)8-12/h3-10H,11H2,1-2H3,(H,26,27). The molecule has 0 atom stereocenters. The third-order valence-corrected chi connectivity index (χ3v) is 4.91. The van der Waals surface area contributed by atoms with Gasteiger partial charge in [-0.15, -0.1) is 0 Å². The number of fused-ring (bicyclic) bond motifs is 2. The van der Waals surface area contributed by atoms with E-state index < -0.39 is 17.4 Å². The molecule has 0 aliphatic heterocycles. The minimum Gasteiger partial charge on any atom is -0.497 e. The Morgan fingerprint density at radius 2 is 1.66 bits per heavy atom. The van der Waals surface area contributed by atoms with E-state index in [2.05, 4.69) is 10.3 Å². The Labute approximate surface area is 171 Å². The van der Waals surface area contributed by atoms with E-state index in [9.17, 15) is 8.78 Å². The number of hydrogen-bond donors (Lipinski definition) is 1. The van der Waals surface area contributed by atoms with Crippen molar-refractivity contribution in [2.24, 2.45) is 0 Å². The van der Waals surface area contributed by atoms with Crippen LogP contribution in [0, 0.1) is 11.6 Å². The molecule has 3 aromatic carbocycles. The van der Waals surface area contributed by atoms with Crippen LogP contribution in [-0.2, 0) is 6.54 Å². The highest BCUT2D eigenvalue weighted by Gasteiger charge is 2.14. The maximum atomic E-state index is 14.1. The van der Waals surface area contributed by atoms with Gasteiger partial charge in [0.15, 0.2) is 17.4 Å². The Hall–Kier alpha value is -3.12. The Balaban J connectivity index is 1.82. The molecule has 0 spiro atoms. The van der Waals surface area contributed by atoms with Crippen molar-refractivity contribution in [3.8, 4) is 11.5 Å². The fourth-order valence-electron chi connectivity index (χ4n) is 3.31. The molecule has 0 aliphatic rings. The van der Waals surface area contributed by atoms with E-state index in [1.807, 2.05) is 24.3 Å². The van der Waals surface area contributed by atoms with Crippen molar-refractivity contribution in [3.05, 3.63) is 70.8 Å². The third kappa shape index (κ3) is 3.63. The molecular formula is C22H17ClF2N2O2. The van der Waals surface area contributed by atoms with Gasteiger partial charge in [-0.3, -0.25) is 0 Å². The van der Waals surface area contributed by atoms with Crippen LogP contribution in [0.25, 0.3) is 21.8 Å². The van der Waals surface area contributed by atoms with E-state index >= 15 is 0 Å². The molecular weight excluding hydrogens is 398 g/mol. The minimum absolute atomic E-state index is 0.200. The van der Waals surface area contributed by atoms with E-state index in [1.165, 1.54) is 19.2 Å². The van der Waals surface area contributed by atoms with Gasteiger partial charge in [0.05, 0.1) is 30.9 Å². The largest absolute Gasteiger partial charge is 0.497 e. The van der Waals surface area contributed by atoms with Gasteiger partial charge in [0.1, 0.15) is 5.75 Å². The summed E-state index contributed by atoms with van der Waals surface area (Å²) < 4.78 is 38.2. The topological polar surface area (TPSA) is 43.4 Å². The number of pyridine rings is 1. The predicted molar refractivity (Wildman–Crippen MR) is 111 cm³/mol. The number of halogens is 3. The summed E-state index contributed by atoms with van der Waals surface area (Å²) in [5.74, 6) is -1.21. The SMILES string of the molecule is COc1ccc2nc3cc(Cl)ccc3c(NCc3cc(F)c(OC)c(F)c3)c2c1. The summed E-state index contributed by atoms with van der Waals surface area (Å²) >= 11 is 6.13. The lowest BCUT2D eigenvalue weighted by molar-refractivity contribution is 0.359. The van der Waals surface area contributed by atoms with Crippen LogP contribution in [0.2, 0.25) is 5.02 Å². The molecule has 1 aromatic heterocycles.